The molecule has 0 bridgehead atoms. The molecule has 3 aromatic rings. The second-order valence-corrected chi connectivity index (χ2v) is 5.94. The van der Waals surface area contributed by atoms with Crippen molar-refractivity contribution in [1.82, 2.24) is 9.36 Å². The summed E-state index contributed by atoms with van der Waals surface area (Å²) in [6.07, 6.45) is 4.53. The van der Waals surface area contributed by atoms with Gasteiger partial charge in [0, 0.05) is 27.6 Å². The Morgan fingerprint density at radius 2 is 2.09 bits per heavy atom. The molecule has 7 heteroatoms. The number of hydrogen-bond acceptors (Lipinski definition) is 5. The minimum atomic E-state index is -0.282. The number of carbonyl (C=O) groups is 1. The lowest BCUT2D eigenvalue weighted by atomic mass is 10.2. The first kappa shape index (κ1) is 14.7. The smallest absolute Gasteiger partial charge is 0.250 e. The molecule has 0 aliphatic heterocycles. The van der Waals surface area contributed by atoms with Gasteiger partial charge in [0.1, 0.15) is 5.76 Å². The number of hydrogen-bond donors (Lipinski definition) is 1. The summed E-state index contributed by atoms with van der Waals surface area (Å²) in [6, 6.07) is 11.2. The number of nitrogens with one attached hydrogen (secondary N) is 1. The number of rotatable bonds is 4. The first-order chi connectivity index (χ1) is 10.7. The molecule has 0 saturated heterocycles. The topological polar surface area (TPSA) is 68.0 Å². The van der Waals surface area contributed by atoms with Crippen LogP contribution < -0.4 is 5.32 Å². The molecule has 1 amide bonds. The zero-order chi connectivity index (χ0) is 15.4. The van der Waals surface area contributed by atoms with Gasteiger partial charge in [0.15, 0.2) is 5.82 Å². The Hall–Kier alpha value is -2.25. The molecule has 0 fully saturated rings. The van der Waals surface area contributed by atoms with Crippen molar-refractivity contribution in [3.63, 3.8) is 0 Å². The van der Waals surface area contributed by atoms with Gasteiger partial charge in [-0.2, -0.15) is 9.36 Å². The molecule has 2 aromatic heterocycles. The summed E-state index contributed by atoms with van der Waals surface area (Å²) in [5.41, 5.74) is 0.895. The largest absolute Gasteiger partial charge is 0.465 e. The number of aromatic nitrogens is 2. The van der Waals surface area contributed by atoms with Gasteiger partial charge in [0.2, 0.25) is 11.0 Å². The lowest BCUT2D eigenvalue weighted by Gasteiger charge is -1.96. The fourth-order valence-electron chi connectivity index (χ4n) is 1.68. The standard InChI is InChI=1S/C15H10BrN3O2S/c16-11-5-3-10(4-6-11)14-18-15(22-19-14)17-13(20)8-7-12-2-1-9-21-12/h1-9H,(H,17,18,19,20)/b8-7+. The molecule has 0 aliphatic rings. The monoisotopic (exact) mass is 375 g/mol. The third kappa shape index (κ3) is 3.69. The Bertz CT molecular complexity index is 795. The molecule has 3 rings (SSSR count). The van der Waals surface area contributed by atoms with E-state index in [1.165, 1.54) is 6.08 Å². The predicted octanol–water partition coefficient (Wildman–Crippen LogP) is 4.21. The summed E-state index contributed by atoms with van der Waals surface area (Å²) in [6.45, 7) is 0. The molecular formula is C15H10BrN3O2S. The van der Waals surface area contributed by atoms with E-state index in [0.717, 1.165) is 21.6 Å². The second kappa shape index (κ2) is 6.67. The van der Waals surface area contributed by atoms with Crippen molar-refractivity contribution in [3.8, 4) is 11.4 Å². The molecule has 0 aliphatic carbocycles. The van der Waals surface area contributed by atoms with Crippen molar-refractivity contribution in [3.05, 3.63) is 59.0 Å². The molecule has 22 heavy (non-hydrogen) atoms. The SMILES string of the molecule is O=C(/C=C/c1ccco1)Nc1nc(-c2ccc(Br)cc2)ns1. The van der Waals surface area contributed by atoms with Gasteiger partial charge in [-0.1, -0.05) is 28.1 Å². The Morgan fingerprint density at radius 1 is 1.27 bits per heavy atom. The van der Waals surface area contributed by atoms with E-state index in [1.807, 2.05) is 24.3 Å². The van der Waals surface area contributed by atoms with E-state index in [4.69, 9.17) is 4.42 Å². The second-order valence-electron chi connectivity index (χ2n) is 4.27. The highest BCUT2D eigenvalue weighted by Crippen LogP contribution is 2.22. The van der Waals surface area contributed by atoms with E-state index < -0.39 is 0 Å². The van der Waals surface area contributed by atoms with Gasteiger partial charge in [0.25, 0.3) is 0 Å². The molecular weight excluding hydrogens is 366 g/mol. The van der Waals surface area contributed by atoms with Gasteiger partial charge >= 0.3 is 0 Å². The number of carbonyl (C=O) groups excluding carboxylic acids is 1. The van der Waals surface area contributed by atoms with E-state index >= 15 is 0 Å². The molecule has 0 atom stereocenters. The van der Waals surface area contributed by atoms with Crippen molar-refractivity contribution >= 4 is 44.6 Å². The predicted molar refractivity (Wildman–Crippen MR) is 89.4 cm³/mol. The number of benzene rings is 1. The van der Waals surface area contributed by atoms with Crippen LogP contribution in [0.4, 0.5) is 5.13 Å². The molecule has 1 N–H and O–H groups in total. The van der Waals surface area contributed by atoms with Gasteiger partial charge in [-0.3, -0.25) is 10.1 Å². The first-order valence-electron chi connectivity index (χ1n) is 6.33. The van der Waals surface area contributed by atoms with E-state index in [-0.39, 0.29) is 5.91 Å². The minimum absolute atomic E-state index is 0.282. The third-order valence-corrected chi connectivity index (χ3v) is 3.86. The number of halogens is 1. The number of amides is 1. The lowest BCUT2D eigenvalue weighted by Crippen LogP contribution is -2.07. The van der Waals surface area contributed by atoms with Crippen molar-refractivity contribution in [2.75, 3.05) is 5.32 Å². The van der Waals surface area contributed by atoms with Crippen LogP contribution >= 0.6 is 27.5 Å². The number of anilines is 1. The fraction of sp³-hybridized carbons (Fsp3) is 0. The van der Waals surface area contributed by atoms with Gasteiger partial charge in [-0.05, 0) is 30.3 Å². The van der Waals surface area contributed by atoms with E-state index in [2.05, 4.69) is 30.6 Å². The van der Waals surface area contributed by atoms with Gasteiger partial charge in [-0.25, -0.2) is 0 Å². The van der Waals surface area contributed by atoms with Gasteiger partial charge in [0.05, 0.1) is 6.26 Å². The van der Waals surface area contributed by atoms with Crippen molar-refractivity contribution in [2.24, 2.45) is 0 Å². The van der Waals surface area contributed by atoms with Crippen LogP contribution in [0.1, 0.15) is 5.76 Å². The van der Waals surface area contributed by atoms with Crippen LogP contribution in [0, 0.1) is 0 Å². The minimum Gasteiger partial charge on any atom is -0.465 e. The molecule has 0 radical (unpaired) electrons. The molecule has 0 unspecified atom stereocenters. The maximum absolute atomic E-state index is 11.8. The Balaban J connectivity index is 1.66. The summed E-state index contributed by atoms with van der Waals surface area (Å²) in [5.74, 6) is 0.917. The van der Waals surface area contributed by atoms with Gasteiger partial charge in [-0.15, -0.1) is 0 Å². The normalized spacial score (nSPS) is 11.0. The van der Waals surface area contributed by atoms with Crippen LogP contribution in [-0.2, 0) is 4.79 Å². The number of nitrogens with zero attached hydrogens (tertiary/aromatic N) is 2. The molecule has 110 valence electrons. The summed E-state index contributed by atoms with van der Waals surface area (Å²) in [4.78, 5) is 16.1. The average Bonchev–Trinajstić information content (AvgIpc) is 3.17. The van der Waals surface area contributed by atoms with Crippen molar-refractivity contribution in [1.29, 1.82) is 0 Å². The van der Waals surface area contributed by atoms with Crippen LogP contribution in [0.5, 0.6) is 0 Å². The van der Waals surface area contributed by atoms with Crippen LogP contribution in [-0.4, -0.2) is 15.3 Å². The molecule has 2 heterocycles. The summed E-state index contributed by atoms with van der Waals surface area (Å²) >= 11 is 4.52. The zero-order valence-electron chi connectivity index (χ0n) is 11.2. The maximum Gasteiger partial charge on any atom is 0.250 e. The van der Waals surface area contributed by atoms with Crippen LogP contribution in [0.15, 0.2) is 57.6 Å². The highest BCUT2D eigenvalue weighted by atomic mass is 79.9. The Labute approximate surface area is 139 Å². The fourth-order valence-corrected chi connectivity index (χ4v) is 2.54. The highest BCUT2D eigenvalue weighted by Gasteiger charge is 2.08. The molecule has 0 saturated carbocycles. The van der Waals surface area contributed by atoms with E-state index in [0.29, 0.717) is 16.7 Å². The van der Waals surface area contributed by atoms with Crippen LogP contribution in [0.25, 0.3) is 17.5 Å². The van der Waals surface area contributed by atoms with Crippen molar-refractivity contribution < 1.29 is 9.21 Å². The molecule has 0 spiro atoms. The first-order valence-corrected chi connectivity index (χ1v) is 7.89. The summed E-state index contributed by atoms with van der Waals surface area (Å²) in [5, 5.41) is 3.13. The van der Waals surface area contributed by atoms with E-state index in [1.54, 1.807) is 24.5 Å². The highest BCUT2D eigenvalue weighted by molar-refractivity contribution is 9.10. The van der Waals surface area contributed by atoms with Gasteiger partial charge < -0.3 is 4.42 Å². The Morgan fingerprint density at radius 3 is 2.82 bits per heavy atom. The van der Waals surface area contributed by atoms with E-state index in [9.17, 15) is 4.79 Å². The Kier molecular flexibility index (Phi) is 4.45. The van der Waals surface area contributed by atoms with Crippen LogP contribution in [0.3, 0.4) is 0 Å². The number of furan rings is 1. The lowest BCUT2D eigenvalue weighted by molar-refractivity contribution is -0.111. The maximum atomic E-state index is 11.8. The summed E-state index contributed by atoms with van der Waals surface area (Å²) in [7, 11) is 0. The quantitative estimate of drug-likeness (QED) is 0.693. The molecule has 5 nitrogen and oxygen atoms in total. The average molecular weight is 376 g/mol. The zero-order valence-corrected chi connectivity index (χ0v) is 13.6. The third-order valence-electron chi connectivity index (χ3n) is 2.70. The summed E-state index contributed by atoms with van der Waals surface area (Å²) < 4.78 is 10.3. The van der Waals surface area contributed by atoms with Crippen LogP contribution in [0.2, 0.25) is 0 Å². The molecule has 1 aromatic carbocycles. The van der Waals surface area contributed by atoms with Crippen molar-refractivity contribution in [2.45, 2.75) is 0 Å².